The van der Waals surface area contributed by atoms with Gasteiger partial charge in [-0.25, -0.2) is 0 Å². The Kier molecular flexibility index (Phi) is 5.84. The molecule has 6 heteroatoms. The molecule has 6 nitrogen and oxygen atoms in total. The van der Waals surface area contributed by atoms with Crippen molar-refractivity contribution in [3.05, 3.63) is 65.4 Å². The first-order valence-electron chi connectivity index (χ1n) is 12.3. The Labute approximate surface area is 200 Å². The van der Waals surface area contributed by atoms with E-state index in [1.807, 2.05) is 66.9 Å². The Bertz CT molecular complexity index is 1240. The van der Waals surface area contributed by atoms with E-state index in [-0.39, 0.29) is 17.9 Å². The molecule has 0 spiro atoms. The number of aryl methyl sites for hydroxylation is 1. The molecular formula is C28H33N3O3. The molecule has 3 aromatic rings. The number of carbonyl (C=O) groups excluding carboxylic acids is 2. The van der Waals surface area contributed by atoms with Crippen LogP contribution in [0.15, 0.2) is 48.5 Å². The smallest absolute Gasteiger partial charge is 0.271 e. The van der Waals surface area contributed by atoms with Gasteiger partial charge in [0.15, 0.2) is 0 Å². The lowest BCUT2D eigenvalue weighted by molar-refractivity contribution is -0.134. The van der Waals surface area contributed by atoms with Gasteiger partial charge in [0.25, 0.3) is 5.91 Å². The van der Waals surface area contributed by atoms with Gasteiger partial charge in [-0.05, 0) is 56.0 Å². The van der Waals surface area contributed by atoms with Gasteiger partial charge < -0.3 is 19.5 Å². The zero-order chi connectivity index (χ0) is 23.9. The van der Waals surface area contributed by atoms with E-state index in [2.05, 4.69) is 5.32 Å². The molecule has 2 aliphatic rings. The molecule has 2 aromatic carbocycles. The summed E-state index contributed by atoms with van der Waals surface area (Å²) in [7, 11) is 1.64. The van der Waals surface area contributed by atoms with Crippen molar-refractivity contribution in [1.29, 1.82) is 0 Å². The molecule has 34 heavy (non-hydrogen) atoms. The van der Waals surface area contributed by atoms with Crippen LogP contribution in [0.25, 0.3) is 10.9 Å². The molecule has 1 aromatic heterocycles. The number of amides is 2. The number of methoxy groups -OCH3 is 1. The van der Waals surface area contributed by atoms with E-state index >= 15 is 0 Å². The predicted octanol–water partition coefficient (Wildman–Crippen LogP) is 4.82. The molecule has 178 valence electrons. The fourth-order valence-corrected chi connectivity index (χ4v) is 5.45. The molecule has 1 saturated carbocycles. The van der Waals surface area contributed by atoms with Gasteiger partial charge in [0.1, 0.15) is 17.0 Å². The second-order valence-corrected chi connectivity index (χ2v) is 9.94. The number of hydrogen-bond donors (Lipinski definition) is 1. The molecule has 0 unspecified atom stereocenters. The van der Waals surface area contributed by atoms with Crippen molar-refractivity contribution in [1.82, 2.24) is 14.8 Å². The van der Waals surface area contributed by atoms with E-state index in [4.69, 9.17) is 4.74 Å². The SMILES string of the molecule is COc1ccc2cc3n(c2c1)C[C@](C)(C(=O)NC1CCCCC1)N(Cc1ccccc1C)C3=O. The van der Waals surface area contributed by atoms with Crippen LogP contribution in [0.4, 0.5) is 0 Å². The van der Waals surface area contributed by atoms with Crippen molar-refractivity contribution in [2.75, 3.05) is 7.11 Å². The molecule has 1 aliphatic heterocycles. The number of ether oxygens (including phenoxy) is 1. The van der Waals surface area contributed by atoms with Crippen LogP contribution in [-0.2, 0) is 17.9 Å². The third-order valence-electron chi connectivity index (χ3n) is 7.66. The molecule has 5 rings (SSSR count). The lowest BCUT2D eigenvalue weighted by Crippen LogP contribution is -2.64. The summed E-state index contributed by atoms with van der Waals surface area (Å²) in [5.41, 5.74) is 2.67. The standard InChI is InChI=1S/C28H33N3O3/c1-19-9-7-8-10-21(19)17-31-26(32)25-15-20-13-14-23(34-3)16-24(20)30(25)18-28(31,2)27(33)29-22-11-5-4-6-12-22/h7-10,13-16,22H,4-6,11-12,17-18H2,1-3H3,(H,29,33)/t28-/m1/s1. The largest absolute Gasteiger partial charge is 0.497 e. The van der Waals surface area contributed by atoms with Crippen LogP contribution in [0.1, 0.15) is 60.6 Å². The quantitative estimate of drug-likeness (QED) is 0.595. The first-order valence-corrected chi connectivity index (χ1v) is 12.3. The van der Waals surface area contributed by atoms with Gasteiger partial charge in [-0.15, -0.1) is 0 Å². The second kappa shape index (κ2) is 8.82. The number of fused-ring (bicyclic) bond motifs is 3. The minimum atomic E-state index is -1.02. The van der Waals surface area contributed by atoms with E-state index in [0.29, 0.717) is 18.8 Å². The van der Waals surface area contributed by atoms with Gasteiger partial charge in [0, 0.05) is 24.0 Å². The van der Waals surface area contributed by atoms with E-state index < -0.39 is 5.54 Å². The molecule has 1 N–H and O–H groups in total. The fraction of sp³-hybridized carbons (Fsp3) is 0.429. The van der Waals surface area contributed by atoms with Gasteiger partial charge in [-0.3, -0.25) is 9.59 Å². The third-order valence-corrected chi connectivity index (χ3v) is 7.66. The minimum absolute atomic E-state index is 0.0725. The van der Waals surface area contributed by atoms with Gasteiger partial charge in [0.2, 0.25) is 5.91 Å². The summed E-state index contributed by atoms with van der Waals surface area (Å²) in [5.74, 6) is 0.541. The highest BCUT2D eigenvalue weighted by atomic mass is 16.5. The van der Waals surface area contributed by atoms with Crippen molar-refractivity contribution in [3.63, 3.8) is 0 Å². The highest BCUT2D eigenvalue weighted by molar-refractivity contribution is 6.03. The lowest BCUT2D eigenvalue weighted by atomic mass is 9.90. The average molecular weight is 460 g/mol. The Morgan fingerprint density at radius 1 is 1.12 bits per heavy atom. The van der Waals surface area contributed by atoms with Crippen LogP contribution >= 0.6 is 0 Å². The molecule has 0 radical (unpaired) electrons. The summed E-state index contributed by atoms with van der Waals surface area (Å²) in [6.45, 7) is 4.75. The van der Waals surface area contributed by atoms with Gasteiger partial charge in [-0.1, -0.05) is 43.5 Å². The Morgan fingerprint density at radius 2 is 1.88 bits per heavy atom. The first kappa shape index (κ1) is 22.5. The topological polar surface area (TPSA) is 63.6 Å². The van der Waals surface area contributed by atoms with Crippen molar-refractivity contribution in [2.24, 2.45) is 0 Å². The second-order valence-electron chi connectivity index (χ2n) is 9.94. The summed E-state index contributed by atoms with van der Waals surface area (Å²) in [4.78, 5) is 29.6. The molecule has 2 heterocycles. The molecular weight excluding hydrogens is 426 g/mol. The predicted molar refractivity (Wildman–Crippen MR) is 133 cm³/mol. The maximum absolute atomic E-state index is 14.0. The van der Waals surface area contributed by atoms with Crippen molar-refractivity contribution < 1.29 is 14.3 Å². The number of rotatable bonds is 5. The number of nitrogens with one attached hydrogen (secondary N) is 1. The molecule has 2 amide bonds. The summed E-state index contributed by atoms with van der Waals surface area (Å²) >= 11 is 0. The van der Waals surface area contributed by atoms with Crippen LogP contribution in [0.5, 0.6) is 5.75 Å². The van der Waals surface area contributed by atoms with Crippen molar-refractivity contribution >= 4 is 22.7 Å². The van der Waals surface area contributed by atoms with Crippen LogP contribution < -0.4 is 10.1 Å². The number of aromatic nitrogens is 1. The number of nitrogens with zero attached hydrogens (tertiary/aromatic N) is 2. The number of carbonyl (C=O) groups is 2. The van der Waals surface area contributed by atoms with Crippen LogP contribution in [0, 0.1) is 6.92 Å². The van der Waals surface area contributed by atoms with E-state index in [9.17, 15) is 9.59 Å². The first-order chi connectivity index (χ1) is 16.4. The highest BCUT2D eigenvalue weighted by Crippen LogP contribution is 2.35. The molecule has 0 saturated heterocycles. The average Bonchev–Trinajstić information content (AvgIpc) is 3.21. The third kappa shape index (κ3) is 3.85. The van der Waals surface area contributed by atoms with Crippen LogP contribution in [0.3, 0.4) is 0 Å². The molecule has 1 aliphatic carbocycles. The lowest BCUT2D eigenvalue weighted by Gasteiger charge is -2.45. The Morgan fingerprint density at radius 3 is 2.62 bits per heavy atom. The summed E-state index contributed by atoms with van der Waals surface area (Å²) in [6.07, 6.45) is 5.51. The maximum atomic E-state index is 14.0. The van der Waals surface area contributed by atoms with Crippen molar-refractivity contribution in [2.45, 2.75) is 70.6 Å². The van der Waals surface area contributed by atoms with E-state index in [1.165, 1.54) is 6.42 Å². The van der Waals surface area contributed by atoms with E-state index in [0.717, 1.165) is 53.5 Å². The number of benzene rings is 2. The van der Waals surface area contributed by atoms with Gasteiger partial charge in [-0.2, -0.15) is 0 Å². The molecule has 0 bridgehead atoms. The van der Waals surface area contributed by atoms with Crippen LogP contribution in [0.2, 0.25) is 0 Å². The summed E-state index contributed by atoms with van der Waals surface area (Å²) < 4.78 is 7.43. The summed E-state index contributed by atoms with van der Waals surface area (Å²) in [6, 6.07) is 16.0. The van der Waals surface area contributed by atoms with Crippen LogP contribution in [-0.4, -0.2) is 40.0 Å². The maximum Gasteiger partial charge on any atom is 0.271 e. The minimum Gasteiger partial charge on any atom is -0.497 e. The Hall–Kier alpha value is -3.28. The Balaban J connectivity index is 1.58. The monoisotopic (exact) mass is 459 g/mol. The highest BCUT2D eigenvalue weighted by Gasteiger charge is 2.48. The zero-order valence-corrected chi connectivity index (χ0v) is 20.3. The molecule has 1 fully saturated rings. The van der Waals surface area contributed by atoms with Gasteiger partial charge >= 0.3 is 0 Å². The normalized spacial score (nSPS) is 20.9. The number of hydrogen-bond acceptors (Lipinski definition) is 3. The van der Waals surface area contributed by atoms with E-state index in [1.54, 1.807) is 12.0 Å². The van der Waals surface area contributed by atoms with Crippen molar-refractivity contribution in [3.8, 4) is 5.75 Å². The fourth-order valence-electron chi connectivity index (χ4n) is 5.45. The molecule has 1 atom stereocenters. The summed E-state index contributed by atoms with van der Waals surface area (Å²) in [5, 5.41) is 4.27. The van der Waals surface area contributed by atoms with Gasteiger partial charge in [0.05, 0.1) is 19.2 Å². The zero-order valence-electron chi connectivity index (χ0n) is 20.3.